The van der Waals surface area contributed by atoms with E-state index < -0.39 is 35.2 Å². The fourth-order valence-corrected chi connectivity index (χ4v) is 5.16. The van der Waals surface area contributed by atoms with Gasteiger partial charge in [0.25, 0.3) is 0 Å². The number of alkyl carbamates (subject to hydrolysis) is 1. The van der Waals surface area contributed by atoms with Gasteiger partial charge in [0.1, 0.15) is 29.5 Å². The number of hydrogen-bond acceptors (Lipinski definition) is 6. The van der Waals surface area contributed by atoms with Crippen LogP contribution in [-0.2, 0) is 38.5 Å². The molecular formula is C33H38N2O6. The summed E-state index contributed by atoms with van der Waals surface area (Å²) < 4.78 is 11.3. The molecule has 0 bridgehead atoms. The number of phenolic OH excluding ortho intramolecular Hbond substituents is 1. The Bertz CT molecular complexity index is 1320. The highest BCUT2D eigenvalue weighted by molar-refractivity contribution is 5.93. The molecule has 0 spiro atoms. The van der Waals surface area contributed by atoms with Crippen molar-refractivity contribution in [2.24, 2.45) is 0 Å². The number of benzene rings is 3. The SMILES string of the molecule is CC(C)(C)OC(=O)N[C@@H](Cc1ccc(O)cc1)C(=O)N1CCC[C@@]1(Cc1ccccc1)C(=O)OCc1ccccc1. The molecule has 216 valence electrons. The van der Waals surface area contributed by atoms with E-state index >= 15 is 0 Å². The molecule has 41 heavy (non-hydrogen) atoms. The van der Waals surface area contributed by atoms with Crippen LogP contribution >= 0.6 is 0 Å². The first-order valence-corrected chi connectivity index (χ1v) is 13.9. The number of rotatable bonds is 9. The quantitative estimate of drug-likeness (QED) is 0.351. The number of aromatic hydroxyl groups is 1. The molecule has 0 radical (unpaired) electrons. The standard InChI is InChI=1S/C33H38N2O6/c1-32(2,3)41-31(39)34-28(21-24-15-17-27(36)18-16-24)29(37)35-20-10-19-33(35,22-25-11-6-4-7-12-25)30(38)40-23-26-13-8-5-9-14-26/h4-9,11-18,28,36H,10,19-23H2,1-3H3,(H,34,39)/t28-,33+/m0/s1. The van der Waals surface area contributed by atoms with Crippen LogP contribution < -0.4 is 5.32 Å². The maximum atomic E-state index is 14.3. The van der Waals surface area contributed by atoms with Crippen molar-refractivity contribution in [1.29, 1.82) is 0 Å². The van der Waals surface area contributed by atoms with Gasteiger partial charge in [-0.1, -0.05) is 72.8 Å². The number of esters is 1. The van der Waals surface area contributed by atoms with Gasteiger partial charge in [0.15, 0.2) is 0 Å². The molecule has 3 aromatic rings. The van der Waals surface area contributed by atoms with Gasteiger partial charge in [-0.25, -0.2) is 9.59 Å². The second-order valence-electron chi connectivity index (χ2n) is 11.4. The molecule has 8 nitrogen and oxygen atoms in total. The lowest BCUT2D eigenvalue weighted by Crippen LogP contribution is -2.60. The second-order valence-corrected chi connectivity index (χ2v) is 11.4. The molecule has 2 N–H and O–H groups in total. The fourth-order valence-electron chi connectivity index (χ4n) is 5.16. The number of hydrogen-bond donors (Lipinski definition) is 2. The summed E-state index contributed by atoms with van der Waals surface area (Å²) in [6.07, 6.45) is 0.742. The van der Waals surface area contributed by atoms with E-state index in [9.17, 15) is 19.5 Å². The molecule has 1 saturated heterocycles. The smallest absolute Gasteiger partial charge is 0.408 e. The Labute approximate surface area is 241 Å². The number of carbonyl (C=O) groups is 3. The zero-order valence-corrected chi connectivity index (χ0v) is 23.8. The summed E-state index contributed by atoms with van der Waals surface area (Å²) >= 11 is 0. The predicted octanol–water partition coefficient (Wildman–Crippen LogP) is 5.18. The molecule has 1 heterocycles. The van der Waals surface area contributed by atoms with E-state index in [4.69, 9.17) is 9.47 Å². The van der Waals surface area contributed by atoms with Gasteiger partial charge in [-0.3, -0.25) is 4.79 Å². The van der Waals surface area contributed by atoms with Crippen molar-refractivity contribution in [1.82, 2.24) is 10.2 Å². The van der Waals surface area contributed by atoms with E-state index in [1.807, 2.05) is 60.7 Å². The maximum absolute atomic E-state index is 14.3. The highest BCUT2D eigenvalue weighted by atomic mass is 16.6. The van der Waals surface area contributed by atoms with Crippen LogP contribution in [0.3, 0.4) is 0 Å². The van der Waals surface area contributed by atoms with Crippen molar-refractivity contribution >= 4 is 18.0 Å². The summed E-state index contributed by atoms with van der Waals surface area (Å²) in [7, 11) is 0. The molecule has 2 atom stereocenters. The summed E-state index contributed by atoms with van der Waals surface area (Å²) in [6, 6.07) is 24.4. The molecule has 0 aliphatic carbocycles. The first-order valence-electron chi connectivity index (χ1n) is 13.9. The van der Waals surface area contributed by atoms with Gasteiger partial charge in [0.2, 0.25) is 5.91 Å². The van der Waals surface area contributed by atoms with E-state index in [-0.39, 0.29) is 25.2 Å². The number of ether oxygens (including phenoxy) is 2. The van der Waals surface area contributed by atoms with Gasteiger partial charge in [0, 0.05) is 19.4 Å². The van der Waals surface area contributed by atoms with Gasteiger partial charge < -0.3 is 24.8 Å². The molecule has 1 fully saturated rings. The Balaban J connectivity index is 1.65. The number of nitrogens with one attached hydrogen (secondary N) is 1. The van der Waals surface area contributed by atoms with Gasteiger partial charge in [-0.05, 0) is 62.4 Å². The average molecular weight is 559 g/mol. The third kappa shape index (κ3) is 7.87. The Morgan fingerprint density at radius 3 is 2.12 bits per heavy atom. The first kappa shape index (κ1) is 29.6. The maximum Gasteiger partial charge on any atom is 0.408 e. The monoisotopic (exact) mass is 558 g/mol. The van der Waals surface area contributed by atoms with Crippen molar-refractivity contribution in [2.45, 2.75) is 70.2 Å². The van der Waals surface area contributed by atoms with E-state index in [2.05, 4.69) is 5.32 Å². The van der Waals surface area contributed by atoms with Gasteiger partial charge in [-0.15, -0.1) is 0 Å². The van der Waals surface area contributed by atoms with E-state index in [0.717, 1.165) is 16.7 Å². The number of nitrogens with zero attached hydrogens (tertiary/aromatic N) is 1. The van der Waals surface area contributed by atoms with Crippen LogP contribution in [0, 0.1) is 0 Å². The van der Waals surface area contributed by atoms with Crippen LogP contribution in [0.1, 0.15) is 50.3 Å². The highest BCUT2D eigenvalue weighted by Gasteiger charge is 2.52. The van der Waals surface area contributed by atoms with E-state index in [1.54, 1.807) is 37.8 Å². The van der Waals surface area contributed by atoms with Crippen molar-refractivity contribution < 1.29 is 29.0 Å². The molecule has 8 heteroatoms. The van der Waals surface area contributed by atoms with Crippen LogP contribution in [0.2, 0.25) is 0 Å². The lowest BCUT2D eigenvalue weighted by atomic mass is 9.87. The minimum Gasteiger partial charge on any atom is -0.508 e. The van der Waals surface area contributed by atoms with E-state index in [0.29, 0.717) is 19.4 Å². The number of amides is 2. The lowest BCUT2D eigenvalue weighted by Gasteiger charge is -2.38. The van der Waals surface area contributed by atoms with Crippen LogP contribution in [0.15, 0.2) is 84.9 Å². The fraction of sp³-hybridized carbons (Fsp3) is 0.364. The van der Waals surface area contributed by atoms with Gasteiger partial charge in [0.05, 0.1) is 0 Å². The molecule has 2 amide bonds. The second kappa shape index (κ2) is 12.9. The number of phenols is 1. The first-order chi connectivity index (χ1) is 19.6. The van der Waals surface area contributed by atoms with Gasteiger partial charge in [-0.2, -0.15) is 0 Å². The Hall–Kier alpha value is -4.33. The minimum atomic E-state index is -1.24. The Kier molecular flexibility index (Phi) is 9.32. The number of likely N-dealkylation sites (tertiary alicyclic amines) is 1. The summed E-state index contributed by atoms with van der Waals surface area (Å²) in [6.45, 7) is 5.67. The third-order valence-corrected chi connectivity index (χ3v) is 7.05. The van der Waals surface area contributed by atoms with Crippen LogP contribution in [0.4, 0.5) is 4.79 Å². The largest absolute Gasteiger partial charge is 0.508 e. The van der Waals surface area contributed by atoms with Crippen LogP contribution in [0.25, 0.3) is 0 Å². The van der Waals surface area contributed by atoms with Crippen molar-refractivity contribution in [3.8, 4) is 5.75 Å². The molecule has 0 unspecified atom stereocenters. The molecule has 4 rings (SSSR count). The predicted molar refractivity (Wildman–Crippen MR) is 155 cm³/mol. The van der Waals surface area contributed by atoms with Gasteiger partial charge >= 0.3 is 12.1 Å². The highest BCUT2D eigenvalue weighted by Crippen LogP contribution is 2.35. The van der Waals surface area contributed by atoms with Crippen LogP contribution in [0.5, 0.6) is 5.75 Å². The number of carbonyl (C=O) groups excluding carboxylic acids is 3. The summed E-state index contributed by atoms with van der Waals surface area (Å²) in [5.41, 5.74) is 0.484. The van der Waals surface area contributed by atoms with E-state index in [1.165, 1.54) is 12.1 Å². The third-order valence-electron chi connectivity index (χ3n) is 7.05. The van der Waals surface area contributed by atoms with Crippen molar-refractivity contribution in [2.75, 3.05) is 6.54 Å². The van der Waals surface area contributed by atoms with Crippen LogP contribution in [-0.4, -0.2) is 51.7 Å². The molecule has 0 aromatic heterocycles. The van der Waals surface area contributed by atoms with Crippen molar-refractivity contribution in [3.05, 3.63) is 102 Å². The Morgan fingerprint density at radius 2 is 1.51 bits per heavy atom. The Morgan fingerprint density at radius 1 is 0.902 bits per heavy atom. The molecular weight excluding hydrogens is 520 g/mol. The summed E-state index contributed by atoms with van der Waals surface area (Å²) in [5.74, 6) is -0.773. The molecule has 1 aliphatic heterocycles. The molecule has 1 aliphatic rings. The summed E-state index contributed by atoms with van der Waals surface area (Å²) in [5, 5.41) is 12.5. The normalized spacial score (nSPS) is 17.5. The summed E-state index contributed by atoms with van der Waals surface area (Å²) in [4.78, 5) is 42.7. The molecule has 3 aromatic carbocycles. The molecule has 0 saturated carbocycles. The zero-order chi connectivity index (χ0) is 29.5. The average Bonchev–Trinajstić information content (AvgIpc) is 3.36. The van der Waals surface area contributed by atoms with Crippen molar-refractivity contribution in [3.63, 3.8) is 0 Å². The zero-order valence-electron chi connectivity index (χ0n) is 23.8. The lowest BCUT2D eigenvalue weighted by molar-refractivity contribution is -0.163. The minimum absolute atomic E-state index is 0.0886. The topological polar surface area (TPSA) is 105 Å².